The van der Waals surface area contributed by atoms with Gasteiger partial charge in [0.15, 0.2) is 5.69 Å². The molecule has 2 amide bonds. The largest absolute Gasteiger partial charge is 0.376 e. The number of hydrogen-bond acceptors (Lipinski definition) is 4. The zero-order valence-electron chi connectivity index (χ0n) is 15.2. The van der Waals surface area contributed by atoms with Crippen molar-refractivity contribution in [2.24, 2.45) is 0 Å². The van der Waals surface area contributed by atoms with Crippen molar-refractivity contribution in [2.45, 2.75) is 58.7 Å². The second kappa shape index (κ2) is 7.99. The molecule has 25 heavy (non-hydrogen) atoms. The Morgan fingerprint density at radius 3 is 2.80 bits per heavy atom. The van der Waals surface area contributed by atoms with Crippen LogP contribution in [0.3, 0.4) is 0 Å². The molecule has 2 aliphatic rings. The molecule has 3 heterocycles. The zero-order chi connectivity index (χ0) is 17.8. The van der Waals surface area contributed by atoms with Crippen molar-refractivity contribution < 1.29 is 14.3 Å². The van der Waals surface area contributed by atoms with Crippen LogP contribution in [-0.4, -0.2) is 63.7 Å². The van der Waals surface area contributed by atoms with E-state index in [0.29, 0.717) is 18.8 Å². The summed E-state index contributed by atoms with van der Waals surface area (Å²) in [6.45, 7) is 7.83. The first-order valence-corrected chi connectivity index (χ1v) is 9.31. The summed E-state index contributed by atoms with van der Waals surface area (Å²) in [5.74, 6) is 0.0363. The Balaban J connectivity index is 1.69. The van der Waals surface area contributed by atoms with E-state index in [1.54, 1.807) is 6.92 Å². The standard InChI is InChI=1S/C18H28N4O3/c1-3-10-25-16-6-4-7-21(13-16)18(24)17-11-15-12-20(14(2)23)8-5-9-22(15)19-17/h11,16H,3-10,12-13H2,1-2H3. The molecule has 0 spiro atoms. The molecule has 1 fully saturated rings. The normalized spacial score (nSPS) is 21.0. The zero-order valence-corrected chi connectivity index (χ0v) is 15.2. The van der Waals surface area contributed by atoms with Gasteiger partial charge in [-0.2, -0.15) is 5.10 Å². The van der Waals surface area contributed by atoms with Crippen molar-refractivity contribution in [3.8, 4) is 0 Å². The highest BCUT2D eigenvalue weighted by molar-refractivity contribution is 5.92. The number of likely N-dealkylation sites (tertiary alicyclic amines) is 1. The summed E-state index contributed by atoms with van der Waals surface area (Å²) in [5, 5.41) is 4.51. The summed E-state index contributed by atoms with van der Waals surface area (Å²) in [5.41, 5.74) is 1.42. The van der Waals surface area contributed by atoms with E-state index in [2.05, 4.69) is 12.0 Å². The second-order valence-electron chi connectivity index (χ2n) is 6.92. The van der Waals surface area contributed by atoms with Gasteiger partial charge in [0.2, 0.25) is 5.91 Å². The maximum absolute atomic E-state index is 12.9. The Hall–Kier alpha value is -1.89. The number of rotatable bonds is 4. The summed E-state index contributed by atoms with van der Waals surface area (Å²) in [6.07, 6.45) is 3.96. The fourth-order valence-corrected chi connectivity index (χ4v) is 3.54. The Labute approximate surface area is 148 Å². The molecule has 7 nitrogen and oxygen atoms in total. The van der Waals surface area contributed by atoms with Crippen LogP contribution < -0.4 is 0 Å². The fraction of sp³-hybridized carbons (Fsp3) is 0.722. The van der Waals surface area contributed by atoms with Gasteiger partial charge < -0.3 is 14.5 Å². The number of ether oxygens (including phenoxy) is 1. The Morgan fingerprint density at radius 2 is 2.04 bits per heavy atom. The molecule has 0 aliphatic carbocycles. The van der Waals surface area contributed by atoms with Crippen molar-refractivity contribution in [3.63, 3.8) is 0 Å². The molecule has 0 saturated carbocycles. The Bertz CT molecular complexity index is 628. The molecule has 1 unspecified atom stereocenters. The molecule has 1 atom stereocenters. The van der Waals surface area contributed by atoms with Crippen LogP contribution in [-0.2, 0) is 22.6 Å². The second-order valence-corrected chi connectivity index (χ2v) is 6.92. The number of piperidine rings is 1. The molecule has 1 aromatic heterocycles. The Kier molecular flexibility index (Phi) is 5.73. The quantitative estimate of drug-likeness (QED) is 0.830. The lowest BCUT2D eigenvalue weighted by molar-refractivity contribution is -0.129. The molecular weight excluding hydrogens is 320 g/mol. The van der Waals surface area contributed by atoms with Crippen LogP contribution in [0.25, 0.3) is 0 Å². The van der Waals surface area contributed by atoms with Gasteiger partial charge in [-0.1, -0.05) is 6.92 Å². The van der Waals surface area contributed by atoms with E-state index in [9.17, 15) is 9.59 Å². The molecule has 2 aliphatic heterocycles. The van der Waals surface area contributed by atoms with Crippen LogP contribution in [0.4, 0.5) is 0 Å². The summed E-state index contributed by atoms with van der Waals surface area (Å²) < 4.78 is 7.70. The number of aryl methyl sites for hydroxylation is 1. The summed E-state index contributed by atoms with van der Waals surface area (Å²) in [7, 11) is 0. The number of carbonyl (C=O) groups excluding carboxylic acids is 2. The first kappa shape index (κ1) is 17.9. The molecule has 0 radical (unpaired) electrons. The van der Waals surface area contributed by atoms with Crippen LogP contribution in [0.5, 0.6) is 0 Å². The SMILES string of the molecule is CCCOC1CCCN(C(=O)c2cc3n(n2)CCCN(C(C)=O)C3)C1. The van der Waals surface area contributed by atoms with Crippen molar-refractivity contribution in [2.75, 3.05) is 26.2 Å². The number of carbonyl (C=O) groups is 2. The monoisotopic (exact) mass is 348 g/mol. The van der Waals surface area contributed by atoms with E-state index < -0.39 is 0 Å². The van der Waals surface area contributed by atoms with Crippen LogP contribution in [0.2, 0.25) is 0 Å². The minimum absolute atomic E-state index is 0.0280. The average Bonchev–Trinajstić information content (AvgIpc) is 2.90. The van der Waals surface area contributed by atoms with Gasteiger partial charge in [0.1, 0.15) is 0 Å². The molecule has 0 N–H and O–H groups in total. The lowest BCUT2D eigenvalue weighted by Gasteiger charge is -2.32. The predicted molar refractivity (Wildman–Crippen MR) is 93.1 cm³/mol. The molecule has 138 valence electrons. The number of nitrogens with zero attached hydrogens (tertiary/aromatic N) is 4. The topological polar surface area (TPSA) is 67.7 Å². The van der Waals surface area contributed by atoms with Gasteiger partial charge in [0, 0.05) is 39.7 Å². The van der Waals surface area contributed by atoms with Gasteiger partial charge in [0.25, 0.3) is 5.91 Å². The maximum atomic E-state index is 12.9. The highest BCUT2D eigenvalue weighted by atomic mass is 16.5. The van der Waals surface area contributed by atoms with E-state index in [4.69, 9.17) is 4.74 Å². The van der Waals surface area contributed by atoms with Crippen LogP contribution in [0.1, 0.15) is 55.7 Å². The van der Waals surface area contributed by atoms with Crippen molar-refractivity contribution in [1.29, 1.82) is 0 Å². The molecule has 0 bridgehead atoms. The lowest BCUT2D eigenvalue weighted by atomic mass is 10.1. The summed E-state index contributed by atoms with van der Waals surface area (Å²) >= 11 is 0. The third-order valence-corrected chi connectivity index (χ3v) is 4.90. The fourth-order valence-electron chi connectivity index (χ4n) is 3.54. The van der Waals surface area contributed by atoms with Gasteiger partial charge in [0.05, 0.1) is 18.3 Å². The van der Waals surface area contributed by atoms with E-state index in [1.807, 2.05) is 20.5 Å². The third-order valence-electron chi connectivity index (χ3n) is 4.90. The number of hydrogen-bond donors (Lipinski definition) is 0. The first-order valence-electron chi connectivity index (χ1n) is 9.31. The Morgan fingerprint density at radius 1 is 1.24 bits per heavy atom. The molecule has 3 rings (SSSR count). The molecule has 7 heteroatoms. The van der Waals surface area contributed by atoms with Gasteiger partial charge in [-0.15, -0.1) is 0 Å². The minimum Gasteiger partial charge on any atom is -0.376 e. The predicted octanol–water partition coefficient (Wildman–Crippen LogP) is 1.67. The third kappa shape index (κ3) is 4.21. The molecular formula is C18H28N4O3. The van der Waals surface area contributed by atoms with E-state index >= 15 is 0 Å². The number of aromatic nitrogens is 2. The molecule has 1 saturated heterocycles. The van der Waals surface area contributed by atoms with Gasteiger partial charge in [-0.3, -0.25) is 14.3 Å². The van der Waals surface area contributed by atoms with Crippen LogP contribution >= 0.6 is 0 Å². The lowest BCUT2D eigenvalue weighted by Crippen LogP contribution is -2.43. The van der Waals surface area contributed by atoms with Gasteiger partial charge >= 0.3 is 0 Å². The number of fused-ring (bicyclic) bond motifs is 1. The molecule has 0 aromatic carbocycles. The number of amides is 2. The van der Waals surface area contributed by atoms with E-state index in [0.717, 1.165) is 57.6 Å². The van der Waals surface area contributed by atoms with Crippen molar-refractivity contribution in [3.05, 3.63) is 17.5 Å². The van der Waals surface area contributed by atoms with E-state index in [-0.39, 0.29) is 17.9 Å². The summed E-state index contributed by atoms with van der Waals surface area (Å²) in [4.78, 5) is 28.2. The minimum atomic E-state index is -0.0280. The van der Waals surface area contributed by atoms with Crippen LogP contribution in [0, 0.1) is 0 Å². The van der Waals surface area contributed by atoms with Crippen molar-refractivity contribution in [1.82, 2.24) is 19.6 Å². The maximum Gasteiger partial charge on any atom is 0.274 e. The van der Waals surface area contributed by atoms with Gasteiger partial charge in [-0.25, -0.2) is 0 Å². The highest BCUT2D eigenvalue weighted by Gasteiger charge is 2.28. The van der Waals surface area contributed by atoms with E-state index in [1.165, 1.54) is 0 Å². The molecule has 1 aromatic rings. The van der Waals surface area contributed by atoms with Crippen molar-refractivity contribution >= 4 is 11.8 Å². The highest BCUT2D eigenvalue weighted by Crippen LogP contribution is 2.19. The average molecular weight is 348 g/mol. The first-order chi connectivity index (χ1) is 12.1. The van der Waals surface area contributed by atoms with Gasteiger partial charge in [-0.05, 0) is 31.7 Å². The van der Waals surface area contributed by atoms with Crippen LogP contribution in [0.15, 0.2) is 6.07 Å². The summed E-state index contributed by atoms with van der Waals surface area (Å²) in [6, 6.07) is 1.85. The smallest absolute Gasteiger partial charge is 0.274 e.